The lowest BCUT2D eigenvalue weighted by Crippen LogP contribution is -2.50. The summed E-state index contributed by atoms with van der Waals surface area (Å²) in [6.45, 7) is 2.67. The summed E-state index contributed by atoms with van der Waals surface area (Å²) < 4.78 is 0.403. The Hall–Kier alpha value is -1.10. The molecule has 0 aliphatic rings. The SMILES string of the molecule is CCCCCC(=O)NCCCC(C(=O)O)[N+](C)(C)C. The van der Waals surface area contributed by atoms with Crippen molar-refractivity contribution in [2.45, 2.75) is 51.5 Å². The van der Waals surface area contributed by atoms with Crippen molar-refractivity contribution in [3.05, 3.63) is 0 Å². The van der Waals surface area contributed by atoms with Crippen LogP contribution in [0.2, 0.25) is 0 Å². The molecular formula is C14H29N2O3+. The van der Waals surface area contributed by atoms with Gasteiger partial charge in [-0.1, -0.05) is 19.8 Å². The number of likely N-dealkylation sites (N-methyl/N-ethyl adjacent to an activating group) is 1. The van der Waals surface area contributed by atoms with E-state index < -0.39 is 12.0 Å². The van der Waals surface area contributed by atoms with Crippen LogP contribution in [0.3, 0.4) is 0 Å². The Morgan fingerprint density at radius 1 is 1.16 bits per heavy atom. The molecule has 1 amide bonds. The first kappa shape index (κ1) is 17.9. The summed E-state index contributed by atoms with van der Waals surface area (Å²) in [7, 11) is 5.63. The number of unbranched alkanes of at least 4 members (excludes halogenated alkanes) is 2. The Morgan fingerprint density at radius 2 is 1.79 bits per heavy atom. The first-order chi connectivity index (χ1) is 8.79. The third-order valence-electron chi connectivity index (χ3n) is 3.20. The van der Waals surface area contributed by atoms with Gasteiger partial charge < -0.3 is 14.9 Å². The molecule has 0 fully saturated rings. The summed E-state index contributed by atoms with van der Waals surface area (Å²) in [5.74, 6) is -0.702. The number of nitrogens with one attached hydrogen (secondary N) is 1. The molecule has 0 aliphatic heterocycles. The quantitative estimate of drug-likeness (QED) is 0.469. The fourth-order valence-electron chi connectivity index (χ4n) is 1.99. The second-order valence-corrected chi connectivity index (χ2v) is 5.92. The Bertz CT molecular complexity index is 285. The van der Waals surface area contributed by atoms with Crippen molar-refractivity contribution in [1.82, 2.24) is 5.32 Å². The van der Waals surface area contributed by atoms with Gasteiger partial charge in [0.05, 0.1) is 21.1 Å². The Balaban J connectivity index is 3.83. The van der Waals surface area contributed by atoms with Gasteiger partial charge in [0.15, 0.2) is 6.04 Å². The Kier molecular flexibility index (Phi) is 8.39. The predicted octanol–water partition coefficient (Wildman–Crippen LogP) is 1.62. The zero-order valence-electron chi connectivity index (χ0n) is 12.7. The molecule has 1 atom stereocenters. The van der Waals surface area contributed by atoms with Crippen LogP contribution < -0.4 is 5.32 Å². The molecule has 0 bridgehead atoms. The fraction of sp³-hybridized carbons (Fsp3) is 0.857. The van der Waals surface area contributed by atoms with Crippen molar-refractivity contribution in [2.24, 2.45) is 0 Å². The molecule has 0 aromatic carbocycles. The number of carboxylic acids is 1. The molecule has 0 saturated carbocycles. The second kappa shape index (κ2) is 8.91. The number of quaternary nitrogens is 1. The standard InChI is InChI=1S/C14H28N2O3/c1-5-6-7-10-13(17)15-11-8-9-12(14(18)19)16(2,3)4/h12H,5-11H2,1-4H3,(H-,15,17,18,19)/p+1. The van der Waals surface area contributed by atoms with Crippen LogP contribution in [0.15, 0.2) is 0 Å². The van der Waals surface area contributed by atoms with Gasteiger partial charge in [-0.25, -0.2) is 4.79 Å². The van der Waals surface area contributed by atoms with Gasteiger partial charge in [0, 0.05) is 19.4 Å². The number of amides is 1. The van der Waals surface area contributed by atoms with Crippen LogP contribution in [0.1, 0.15) is 45.4 Å². The molecule has 0 rings (SSSR count). The third kappa shape index (κ3) is 8.59. The summed E-state index contributed by atoms with van der Waals surface area (Å²) in [5.41, 5.74) is 0. The molecule has 19 heavy (non-hydrogen) atoms. The minimum absolute atomic E-state index is 0.0746. The zero-order valence-corrected chi connectivity index (χ0v) is 12.7. The maximum Gasteiger partial charge on any atom is 0.362 e. The molecule has 0 aromatic rings. The van der Waals surface area contributed by atoms with Crippen LogP contribution in [0, 0.1) is 0 Å². The monoisotopic (exact) mass is 273 g/mol. The van der Waals surface area contributed by atoms with Gasteiger partial charge in [-0.05, 0) is 12.8 Å². The van der Waals surface area contributed by atoms with Crippen molar-refractivity contribution in [3.8, 4) is 0 Å². The van der Waals surface area contributed by atoms with Crippen molar-refractivity contribution in [2.75, 3.05) is 27.7 Å². The minimum Gasteiger partial charge on any atom is -0.477 e. The van der Waals surface area contributed by atoms with Crippen molar-refractivity contribution >= 4 is 11.9 Å². The number of hydrogen-bond acceptors (Lipinski definition) is 2. The summed E-state index contributed by atoms with van der Waals surface area (Å²) in [6, 6.07) is -0.419. The molecule has 0 radical (unpaired) electrons. The molecule has 5 heteroatoms. The highest BCUT2D eigenvalue weighted by Gasteiger charge is 2.30. The molecule has 0 saturated heterocycles. The van der Waals surface area contributed by atoms with E-state index in [1.54, 1.807) is 0 Å². The lowest BCUT2D eigenvalue weighted by atomic mass is 10.1. The molecule has 1 unspecified atom stereocenters. The summed E-state index contributed by atoms with van der Waals surface area (Å²) in [5, 5.41) is 12.0. The fourth-order valence-corrected chi connectivity index (χ4v) is 1.99. The third-order valence-corrected chi connectivity index (χ3v) is 3.20. The number of aliphatic carboxylic acids is 1. The topological polar surface area (TPSA) is 66.4 Å². The summed E-state index contributed by atoms with van der Waals surface area (Å²) >= 11 is 0. The zero-order chi connectivity index (χ0) is 14.9. The highest BCUT2D eigenvalue weighted by atomic mass is 16.4. The number of carbonyl (C=O) groups excluding carboxylic acids is 1. The van der Waals surface area contributed by atoms with E-state index in [9.17, 15) is 9.59 Å². The van der Waals surface area contributed by atoms with Gasteiger partial charge >= 0.3 is 5.97 Å². The van der Waals surface area contributed by atoms with Crippen LogP contribution in [0.4, 0.5) is 0 Å². The summed E-state index contributed by atoms with van der Waals surface area (Å²) in [6.07, 6.45) is 4.97. The van der Waals surface area contributed by atoms with Gasteiger partial charge in [0.1, 0.15) is 0 Å². The lowest BCUT2D eigenvalue weighted by molar-refractivity contribution is -0.887. The van der Waals surface area contributed by atoms with Crippen molar-refractivity contribution < 1.29 is 19.2 Å². The average molecular weight is 273 g/mol. The second-order valence-electron chi connectivity index (χ2n) is 5.92. The number of carboxylic acid groups (broad SMARTS) is 1. The largest absolute Gasteiger partial charge is 0.477 e. The predicted molar refractivity (Wildman–Crippen MR) is 75.8 cm³/mol. The van der Waals surface area contributed by atoms with Crippen LogP contribution in [-0.4, -0.2) is 55.2 Å². The van der Waals surface area contributed by atoms with Crippen LogP contribution >= 0.6 is 0 Å². The van der Waals surface area contributed by atoms with Gasteiger partial charge in [-0.2, -0.15) is 0 Å². The highest BCUT2D eigenvalue weighted by Crippen LogP contribution is 2.10. The molecule has 0 aliphatic carbocycles. The number of rotatable bonds is 10. The average Bonchev–Trinajstić information content (AvgIpc) is 2.26. The molecular weight excluding hydrogens is 244 g/mol. The summed E-state index contributed by atoms with van der Waals surface area (Å²) in [4.78, 5) is 22.6. The lowest BCUT2D eigenvalue weighted by Gasteiger charge is -2.31. The van der Waals surface area contributed by atoms with E-state index in [-0.39, 0.29) is 5.91 Å². The van der Waals surface area contributed by atoms with Gasteiger partial charge in [0.25, 0.3) is 0 Å². The molecule has 112 valence electrons. The number of hydrogen-bond donors (Lipinski definition) is 2. The van der Waals surface area contributed by atoms with E-state index >= 15 is 0 Å². The van der Waals surface area contributed by atoms with Crippen LogP contribution in [0.25, 0.3) is 0 Å². The van der Waals surface area contributed by atoms with Gasteiger partial charge in [0.2, 0.25) is 5.91 Å². The molecule has 0 aromatic heterocycles. The first-order valence-corrected chi connectivity index (χ1v) is 7.09. The maximum absolute atomic E-state index is 11.5. The molecule has 5 nitrogen and oxygen atoms in total. The van der Waals surface area contributed by atoms with E-state index in [2.05, 4.69) is 12.2 Å². The van der Waals surface area contributed by atoms with E-state index in [0.717, 1.165) is 19.3 Å². The molecule has 0 spiro atoms. The Morgan fingerprint density at radius 3 is 2.26 bits per heavy atom. The smallest absolute Gasteiger partial charge is 0.362 e. The maximum atomic E-state index is 11.5. The van der Waals surface area contributed by atoms with Gasteiger partial charge in [-0.3, -0.25) is 4.79 Å². The van der Waals surface area contributed by atoms with Crippen LogP contribution in [-0.2, 0) is 9.59 Å². The van der Waals surface area contributed by atoms with E-state index in [4.69, 9.17) is 5.11 Å². The minimum atomic E-state index is -0.776. The Labute approximate surface area is 116 Å². The number of nitrogens with zero attached hydrogens (tertiary/aromatic N) is 1. The van der Waals surface area contributed by atoms with Crippen molar-refractivity contribution in [1.29, 1.82) is 0 Å². The normalized spacial score (nSPS) is 13.1. The van der Waals surface area contributed by atoms with E-state index in [1.165, 1.54) is 0 Å². The first-order valence-electron chi connectivity index (χ1n) is 7.09. The number of carbonyl (C=O) groups is 2. The molecule has 0 heterocycles. The van der Waals surface area contributed by atoms with E-state index in [1.807, 2.05) is 21.1 Å². The van der Waals surface area contributed by atoms with Crippen molar-refractivity contribution in [3.63, 3.8) is 0 Å². The highest BCUT2D eigenvalue weighted by molar-refractivity contribution is 5.75. The van der Waals surface area contributed by atoms with E-state index in [0.29, 0.717) is 30.3 Å². The van der Waals surface area contributed by atoms with Gasteiger partial charge in [-0.15, -0.1) is 0 Å². The molecule has 2 N–H and O–H groups in total. The van der Waals surface area contributed by atoms with Crippen LogP contribution in [0.5, 0.6) is 0 Å².